The number of ether oxygens (including phenoxy) is 1. The van der Waals surface area contributed by atoms with Crippen molar-refractivity contribution in [3.63, 3.8) is 0 Å². The molecule has 0 fully saturated rings. The van der Waals surface area contributed by atoms with E-state index in [9.17, 15) is 8.42 Å². The Balaban J connectivity index is 3.02. The van der Waals surface area contributed by atoms with Crippen LogP contribution in [-0.2, 0) is 28.4 Å². The third kappa shape index (κ3) is 3.11. The summed E-state index contributed by atoms with van der Waals surface area (Å²) in [5.74, 6) is 0. The van der Waals surface area contributed by atoms with Crippen LogP contribution in [0.4, 0.5) is 0 Å². The number of aromatic nitrogens is 1. The highest BCUT2D eigenvalue weighted by Gasteiger charge is 2.24. The molecule has 0 spiro atoms. The molecule has 0 aliphatic carbocycles. The monoisotopic (exact) mass is 276 g/mol. The van der Waals surface area contributed by atoms with Gasteiger partial charge in [-0.2, -0.15) is 4.31 Å². The molecular formula is C11H20N2O4S. The summed E-state index contributed by atoms with van der Waals surface area (Å²) in [6, 6.07) is 1.49. The van der Waals surface area contributed by atoms with E-state index in [1.54, 1.807) is 18.5 Å². The number of hydrogen-bond acceptors (Lipinski definition) is 4. The average molecular weight is 276 g/mol. The van der Waals surface area contributed by atoms with Gasteiger partial charge in [-0.05, 0) is 6.07 Å². The zero-order valence-electron chi connectivity index (χ0n) is 11.0. The molecule has 6 nitrogen and oxygen atoms in total. The highest BCUT2D eigenvalue weighted by molar-refractivity contribution is 7.89. The van der Waals surface area contributed by atoms with Crippen molar-refractivity contribution in [2.45, 2.75) is 18.4 Å². The first-order valence-corrected chi connectivity index (χ1v) is 7.16. The van der Waals surface area contributed by atoms with Gasteiger partial charge in [0.2, 0.25) is 10.0 Å². The SMILES string of the molecule is CCN(CCOC)S(=O)(=O)c1cc(CO)n(C)c1. The lowest BCUT2D eigenvalue weighted by Gasteiger charge is -2.19. The van der Waals surface area contributed by atoms with Gasteiger partial charge in [0.05, 0.1) is 13.2 Å². The van der Waals surface area contributed by atoms with Crippen LogP contribution in [0.1, 0.15) is 12.6 Å². The van der Waals surface area contributed by atoms with Crippen molar-refractivity contribution in [1.29, 1.82) is 0 Å². The predicted octanol–water partition coefficient (Wildman–Crippen LogP) is 0.174. The molecule has 0 aliphatic heterocycles. The second-order valence-electron chi connectivity index (χ2n) is 3.93. The summed E-state index contributed by atoms with van der Waals surface area (Å²) in [5.41, 5.74) is 0.566. The molecule has 0 atom stereocenters. The van der Waals surface area contributed by atoms with Gasteiger partial charge in [0.25, 0.3) is 0 Å². The van der Waals surface area contributed by atoms with E-state index >= 15 is 0 Å². The molecule has 0 bridgehead atoms. The Morgan fingerprint density at radius 1 is 1.50 bits per heavy atom. The number of sulfonamides is 1. The first-order valence-electron chi connectivity index (χ1n) is 5.72. The van der Waals surface area contributed by atoms with Gasteiger partial charge in [0, 0.05) is 39.1 Å². The molecule has 0 saturated carbocycles. The van der Waals surface area contributed by atoms with Gasteiger partial charge in [-0.25, -0.2) is 8.42 Å². The van der Waals surface area contributed by atoms with Crippen molar-refractivity contribution in [3.05, 3.63) is 18.0 Å². The van der Waals surface area contributed by atoms with Gasteiger partial charge in [0.1, 0.15) is 4.90 Å². The van der Waals surface area contributed by atoms with E-state index in [-0.39, 0.29) is 11.5 Å². The average Bonchev–Trinajstić information content (AvgIpc) is 2.72. The molecule has 1 aromatic rings. The molecule has 1 N–H and O–H groups in total. The first-order chi connectivity index (χ1) is 8.47. The lowest BCUT2D eigenvalue weighted by Crippen LogP contribution is -2.33. The third-order valence-corrected chi connectivity index (χ3v) is 4.72. The van der Waals surface area contributed by atoms with E-state index in [4.69, 9.17) is 9.84 Å². The number of aliphatic hydroxyl groups excluding tert-OH is 1. The molecule has 0 aromatic carbocycles. The molecule has 18 heavy (non-hydrogen) atoms. The number of aliphatic hydroxyl groups is 1. The summed E-state index contributed by atoms with van der Waals surface area (Å²) in [5, 5.41) is 9.09. The van der Waals surface area contributed by atoms with Crippen molar-refractivity contribution < 1.29 is 18.3 Å². The lowest BCUT2D eigenvalue weighted by atomic mass is 10.5. The minimum atomic E-state index is -3.51. The number of rotatable bonds is 7. The molecule has 7 heteroatoms. The minimum absolute atomic E-state index is 0.184. The van der Waals surface area contributed by atoms with E-state index < -0.39 is 10.0 Å². The molecular weight excluding hydrogens is 256 g/mol. The first kappa shape index (κ1) is 15.2. The number of aryl methyl sites for hydroxylation is 1. The number of hydrogen-bond donors (Lipinski definition) is 1. The standard InChI is InChI=1S/C11H20N2O4S/c1-4-13(5-6-17-3)18(15,16)11-7-10(9-14)12(2)8-11/h7-8,14H,4-6,9H2,1-3H3. The fourth-order valence-electron chi connectivity index (χ4n) is 1.67. The predicted molar refractivity (Wildman–Crippen MR) is 67.6 cm³/mol. The molecule has 1 heterocycles. The number of methoxy groups -OCH3 is 1. The molecule has 0 saturated heterocycles. The van der Waals surface area contributed by atoms with Crippen LogP contribution in [0.15, 0.2) is 17.2 Å². The molecule has 1 aromatic heterocycles. The second kappa shape index (κ2) is 6.33. The molecule has 0 aliphatic rings. The van der Waals surface area contributed by atoms with Crippen molar-refractivity contribution in [2.75, 3.05) is 26.8 Å². The Hall–Kier alpha value is -0.890. The largest absolute Gasteiger partial charge is 0.390 e. The topological polar surface area (TPSA) is 71.8 Å². The van der Waals surface area contributed by atoms with E-state index in [2.05, 4.69) is 0 Å². The van der Waals surface area contributed by atoms with Crippen LogP contribution in [0.3, 0.4) is 0 Å². The summed E-state index contributed by atoms with van der Waals surface area (Å²) in [6.45, 7) is 2.65. The molecule has 1 rings (SSSR count). The smallest absolute Gasteiger partial charge is 0.244 e. The van der Waals surface area contributed by atoms with Crippen LogP contribution >= 0.6 is 0 Å². The van der Waals surface area contributed by atoms with E-state index in [1.807, 2.05) is 0 Å². The summed E-state index contributed by atoms with van der Waals surface area (Å²) >= 11 is 0. The van der Waals surface area contributed by atoms with Crippen LogP contribution in [0.5, 0.6) is 0 Å². The van der Waals surface area contributed by atoms with Crippen molar-refractivity contribution in [1.82, 2.24) is 8.87 Å². The van der Waals surface area contributed by atoms with E-state index in [0.29, 0.717) is 25.4 Å². The Bertz CT molecular complexity index is 481. The van der Waals surface area contributed by atoms with Crippen molar-refractivity contribution >= 4 is 10.0 Å². The maximum absolute atomic E-state index is 12.3. The zero-order valence-corrected chi connectivity index (χ0v) is 11.8. The Labute approximate surface area is 108 Å². The summed E-state index contributed by atoms with van der Waals surface area (Å²) in [7, 11) is -0.275. The number of nitrogens with zero attached hydrogens (tertiary/aromatic N) is 2. The van der Waals surface area contributed by atoms with Gasteiger partial charge >= 0.3 is 0 Å². The van der Waals surface area contributed by atoms with Crippen LogP contribution in [-0.4, -0.2) is 49.2 Å². The van der Waals surface area contributed by atoms with Gasteiger partial charge in [-0.1, -0.05) is 6.92 Å². The van der Waals surface area contributed by atoms with E-state index in [1.165, 1.54) is 23.7 Å². The molecule has 0 amide bonds. The van der Waals surface area contributed by atoms with Gasteiger partial charge in [-0.3, -0.25) is 0 Å². The van der Waals surface area contributed by atoms with Gasteiger partial charge < -0.3 is 14.4 Å². The van der Waals surface area contributed by atoms with Crippen molar-refractivity contribution in [2.24, 2.45) is 7.05 Å². The summed E-state index contributed by atoms with van der Waals surface area (Å²) in [4.78, 5) is 0.201. The molecule has 0 unspecified atom stereocenters. The second-order valence-corrected chi connectivity index (χ2v) is 5.86. The van der Waals surface area contributed by atoms with Gasteiger partial charge in [0.15, 0.2) is 0 Å². The Kier molecular flexibility index (Phi) is 5.33. The zero-order chi connectivity index (χ0) is 13.8. The highest BCUT2D eigenvalue weighted by Crippen LogP contribution is 2.18. The lowest BCUT2D eigenvalue weighted by molar-refractivity contribution is 0.180. The fraction of sp³-hybridized carbons (Fsp3) is 0.636. The fourth-order valence-corrected chi connectivity index (χ4v) is 3.19. The van der Waals surface area contributed by atoms with Crippen LogP contribution in [0, 0.1) is 0 Å². The third-order valence-electron chi connectivity index (χ3n) is 2.78. The quantitative estimate of drug-likeness (QED) is 0.771. The maximum Gasteiger partial charge on any atom is 0.244 e. The maximum atomic E-state index is 12.3. The van der Waals surface area contributed by atoms with Crippen LogP contribution in [0.2, 0.25) is 0 Å². The molecule has 0 radical (unpaired) electrons. The van der Waals surface area contributed by atoms with Gasteiger partial charge in [-0.15, -0.1) is 0 Å². The Morgan fingerprint density at radius 2 is 2.17 bits per heavy atom. The van der Waals surface area contributed by atoms with Crippen molar-refractivity contribution in [3.8, 4) is 0 Å². The minimum Gasteiger partial charge on any atom is -0.390 e. The van der Waals surface area contributed by atoms with Crippen LogP contribution < -0.4 is 0 Å². The normalized spacial score (nSPS) is 12.3. The molecule has 104 valence electrons. The summed E-state index contributed by atoms with van der Waals surface area (Å²) < 4.78 is 32.5. The highest BCUT2D eigenvalue weighted by atomic mass is 32.2. The van der Waals surface area contributed by atoms with E-state index in [0.717, 1.165) is 0 Å². The summed E-state index contributed by atoms with van der Waals surface area (Å²) in [6.07, 6.45) is 1.51. The van der Waals surface area contributed by atoms with Crippen LogP contribution in [0.25, 0.3) is 0 Å². The Morgan fingerprint density at radius 3 is 2.61 bits per heavy atom. The number of likely N-dealkylation sites (N-methyl/N-ethyl adjacent to an activating group) is 1.